The van der Waals surface area contributed by atoms with Gasteiger partial charge in [0.1, 0.15) is 5.75 Å². The molecule has 0 saturated heterocycles. The molecule has 1 heterocycles. The fourth-order valence-electron chi connectivity index (χ4n) is 2.02. The fraction of sp³-hybridized carbons (Fsp3) is 0.353. The van der Waals surface area contributed by atoms with Gasteiger partial charge in [0.05, 0.1) is 12.2 Å². The zero-order valence-electron chi connectivity index (χ0n) is 13.8. The molecule has 0 radical (unpaired) electrons. The lowest BCUT2D eigenvalue weighted by Crippen LogP contribution is -2.15. The molecule has 2 N–H and O–H groups in total. The first kappa shape index (κ1) is 17.9. The summed E-state index contributed by atoms with van der Waals surface area (Å²) in [5.74, 6) is 0.0987. The van der Waals surface area contributed by atoms with Gasteiger partial charge in [-0.1, -0.05) is 13.8 Å². The van der Waals surface area contributed by atoms with E-state index in [2.05, 4.69) is 15.6 Å². The molecule has 2 aromatic rings. The summed E-state index contributed by atoms with van der Waals surface area (Å²) < 4.78 is 5.68. The predicted octanol–water partition coefficient (Wildman–Crippen LogP) is 3.92. The number of anilines is 2. The van der Waals surface area contributed by atoms with Crippen molar-refractivity contribution in [2.75, 3.05) is 17.2 Å². The van der Waals surface area contributed by atoms with E-state index in [1.165, 1.54) is 11.3 Å². The maximum atomic E-state index is 12.4. The second-order valence-electron chi connectivity index (χ2n) is 5.15. The number of benzene rings is 1. The molecular formula is C17H21N3O3S. The number of hydrogen-bond donors (Lipinski definition) is 2. The molecule has 7 heteroatoms. The third kappa shape index (κ3) is 5.06. The van der Waals surface area contributed by atoms with Crippen LogP contribution in [0.4, 0.5) is 10.8 Å². The van der Waals surface area contributed by atoms with Crippen LogP contribution in [0, 0.1) is 0 Å². The highest BCUT2D eigenvalue weighted by atomic mass is 32.1. The van der Waals surface area contributed by atoms with Gasteiger partial charge in [-0.15, -0.1) is 11.3 Å². The minimum atomic E-state index is -0.289. The summed E-state index contributed by atoms with van der Waals surface area (Å²) in [6, 6.07) is 5.03. The van der Waals surface area contributed by atoms with Gasteiger partial charge < -0.3 is 10.1 Å². The van der Waals surface area contributed by atoms with Crippen LogP contribution in [0.3, 0.4) is 0 Å². The van der Waals surface area contributed by atoms with Crippen LogP contribution in [0.25, 0.3) is 0 Å². The van der Waals surface area contributed by atoms with Crippen LogP contribution < -0.4 is 15.4 Å². The summed E-state index contributed by atoms with van der Waals surface area (Å²) in [6.07, 6.45) is 3.68. The quantitative estimate of drug-likeness (QED) is 0.758. The molecule has 1 aromatic heterocycles. The Morgan fingerprint density at radius 3 is 2.71 bits per heavy atom. The van der Waals surface area contributed by atoms with Crippen molar-refractivity contribution in [2.24, 2.45) is 0 Å². The number of amides is 2. The highest BCUT2D eigenvalue weighted by Crippen LogP contribution is 2.25. The molecule has 0 spiro atoms. The van der Waals surface area contributed by atoms with Crippen molar-refractivity contribution >= 4 is 34.0 Å². The van der Waals surface area contributed by atoms with E-state index in [9.17, 15) is 9.59 Å². The Hall–Kier alpha value is -2.41. The van der Waals surface area contributed by atoms with Crippen LogP contribution in [-0.4, -0.2) is 23.4 Å². The van der Waals surface area contributed by atoms with E-state index < -0.39 is 0 Å². The lowest BCUT2D eigenvalue weighted by atomic mass is 10.1. The number of nitrogens with one attached hydrogen (secondary N) is 2. The molecule has 0 saturated carbocycles. The molecule has 0 aliphatic rings. The van der Waals surface area contributed by atoms with Crippen molar-refractivity contribution in [3.05, 3.63) is 35.3 Å². The number of aromatic nitrogens is 1. The number of carbonyl (C=O) groups excluding carboxylic acids is 2. The number of ether oxygens (including phenoxy) is 1. The van der Waals surface area contributed by atoms with Gasteiger partial charge in [0.15, 0.2) is 5.13 Å². The van der Waals surface area contributed by atoms with Crippen LogP contribution in [0.5, 0.6) is 5.75 Å². The van der Waals surface area contributed by atoms with Gasteiger partial charge in [0.2, 0.25) is 5.91 Å². The predicted molar refractivity (Wildman–Crippen MR) is 95.8 cm³/mol. The molecule has 0 aliphatic heterocycles. The standard InChI is InChI=1S/C17H21N3O3S/c1-3-5-15(21)19-12-6-7-13(14(11-12)23-9-4-2)16(22)20-17-18-8-10-24-17/h6-8,10-11H,3-5,9H2,1-2H3,(H,19,21)(H,18,20,22). The molecule has 0 aliphatic carbocycles. The number of hydrogen-bond acceptors (Lipinski definition) is 5. The first-order valence-electron chi connectivity index (χ1n) is 7.91. The van der Waals surface area contributed by atoms with Gasteiger partial charge >= 0.3 is 0 Å². The normalized spacial score (nSPS) is 10.2. The molecule has 6 nitrogen and oxygen atoms in total. The number of carbonyl (C=O) groups is 2. The average Bonchev–Trinajstić information content (AvgIpc) is 3.06. The summed E-state index contributed by atoms with van der Waals surface area (Å²) >= 11 is 1.35. The third-order valence-corrected chi connectivity index (χ3v) is 3.79. The molecule has 0 bridgehead atoms. The first-order chi connectivity index (χ1) is 11.6. The summed E-state index contributed by atoms with van der Waals surface area (Å²) in [5, 5.41) is 7.86. The van der Waals surface area contributed by atoms with E-state index >= 15 is 0 Å². The van der Waals surface area contributed by atoms with Crippen LogP contribution in [0.15, 0.2) is 29.8 Å². The Balaban J connectivity index is 2.19. The van der Waals surface area contributed by atoms with Crippen LogP contribution >= 0.6 is 11.3 Å². The second-order valence-corrected chi connectivity index (χ2v) is 6.04. The fourth-order valence-corrected chi connectivity index (χ4v) is 2.54. The Morgan fingerprint density at radius 1 is 1.21 bits per heavy atom. The van der Waals surface area contributed by atoms with Gasteiger partial charge in [-0.3, -0.25) is 14.9 Å². The van der Waals surface area contributed by atoms with Crippen molar-refractivity contribution in [2.45, 2.75) is 33.1 Å². The third-order valence-electron chi connectivity index (χ3n) is 3.10. The number of nitrogens with zero attached hydrogens (tertiary/aromatic N) is 1. The monoisotopic (exact) mass is 347 g/mol. The molecule has 0 fully saturated rings. The van der Waals surface area contributed by atoms with Crippen LogP contribution in [0.2, 0.25) is 0 Å². The Kier molecular flexibility index (Phi) is 6.74. The van der Waals surface area contributed by atoms with Gasteiger partial charge in [0.25, 0.3) is 5.91 Å². The molecular weight excluding hydrogens is 326 g/mol. The molecule has 1 aromatic carbocycles. The highest BCUT2D eigenvalue weighted by molar-refractivity contribution is 7.13. The lowest BCUT2D eigenvalue weighted by Gasteiger charge is -2.13. The lowest BCUT2D eigenvalue weighted by molar-refractivity contribution is -0.116. The van der Waals surface area contributed by atoms with Crippen molar-refractivity contribution in [1.29, 1.82) is 0 Å². The Labute approximate surface area is 145 Å². The number of rotatable bonds is 8. The van der Waals surface area contributed by atoms with Crippen molar-refractivity contribution in [3.8, 4) is 5.75 Å². The Morgan fingerprint density at radius 2 is 2.04 bits per heavy atom. The zero-order chi connectivity index (χ0) is 17.4. The number of thiazole rings is 1. The summed E-state index contributed by atoms with van der Waals surface area (Å²) in [5.41, 5.74) is 1.03. The highest BCUT2D eigenvalue weighted by Gasteiger charge is 2.15. The maximum absolute atomic E-state index is 12.4. The van der Waals surface area contributed by atoms with Crippen molar-refractivity contribution in [1.82, 2.24) is 4.98 Å². The van der Waals surface area contributed by atoms with Gasteiger partial charge in [0, 0.05) is 29.8 Å². The first-order valence-corrected chi connectivity index (χ1v) is 8.79. The van der Waals surface area contributed by atoms with Crippen LogP contribution in [-0.2, 0) is 4.79 Å². The molecule has 0 unspecified atom stereocenters. The Bertz CT molecular complexity index is 686. The molecule has 128 valence electrons. The summed E-state index contributed by atoms with van der Waals surface area (Å²) in [4.78, 5) is 28.2. The van der Waals surface area contributed by atoms with E-state index in [4.69, 9.17) is 4.74 Å². The molecule has 2 amide bonds. The van der Waals surface area contributed by atoms with Crippen molar-refractivity contribution < 1.29 is 14.3 Å². The molecule has 24 heavy (non-hydrogen) atoms. The average molecular weight is 347 g/mol. The van der Waals surface area contributed by atoms with E-state index in [1.54, 1.807) is 29.8 Å². The van der Waals surface area contributed by atoms with E-state index in [1.807, 2.05) is 13.8 Å². The van der Waals surface area contributed by atoms with Gasteiger partial charge in [-0.2, -0.15) is 0 Å². The smallest absolute Gasteiger partial charge is 0.261 e. The minimum absolute atomic E-state index is 0.0565. The summed E-state index contributed by atoms with van der Waals surface area (Å²) in [7, 11) is 0. The molecule has 0 atom stereocenters. The zero-order valence-corrected chi connectivity index (χ0v) is 14.6. The SMILES string of the molecule is CCCOc1cc(NC(=O)CCC)ccc1C(=O)Nc1nccs1. The van der Waals surface area contributed by atoms with E-state index in [0.29, 0.717) is 35.2 Å². The van der Waals surface area contributed by atoms with Gasteiger partial charge in [-0.25, -0.2) is 4.98 Å². The second kappa shape index (κ2) is 9.02. The topological polar surface area (TPSA) is 80.3 Å². The summed E-state index contributed by atoms with van der Waals surface area (Å²) in [6.45, 7) is 4.42. The van der Waals surface area contributed by atoms with Crippen molar-refractivity contribution in [3.63, 3.8) is 0 Å². The largest absolute Gasteiger partial charge is 0.493 e. The van der Waals surface area contributed by atoms with E-state index in [-0.39, 0.29) is 11.8 Å². The van der Waals surface area contributed by atoms with E-state index in [0.717, 1.165) is 12.8 Å². The van der Waals surface area contributed by atoms with Gasteiger partial charge in [-0.05, 0) is 25.0 Å². The minimum Gasteiger partial charge on any atom is -0.493 e. The molecule has 2 rings (SSSR count). The van der Waals surface area contributed by atoms with Crippen LogP contribution in [0.1, 0.15) is 43.5 Å². The maximum Gasteiger partial charge on any atom is 0.261 e.